The molecule has 0 aromatic rings. The van der Waals surface area contributed by atoms with E-state index >= 15 is 0 Å². The Morgan fingerprint density at radius 1 is 0.966 bits per heavy atom. The van der Waals surface area contributed by atoms with Gasteiger partial charge >= 0.3 is 0 Å². The van der Waals surface area contributed by atoms with Crippen LogP contribution in [0.2, 0.25) is 0 Å². The second-order valence-electron chi connectivity index (χ2n) is 12.7. The van der Waals surface area contributed by atoms with Gasteiger partial charge in [0.15, 0.2) is 0 Å². The van der Waals surface area contributed by atoms with Crippen LogP contribution >= 0.6 is 0 Å². The van der Waals surface area contributed by atoms with Crippen molar-refractivity contribution in [3.8, 4) is 0 Å². The maximum atomic E-state index is 2.78. The van der Waals surface area contributed by atoms with Crippen LogP contribution in [0.3, 0.4) is 0 Å². The summed E-state index contributed by atoms with van der Waals surface area (Å²) < 4.78 is 0. The quantitative estimate of drug-likeness (QED) is 0.296. The molecule has 166 valence electrons. The van der Waals surface area contributed by atoms with Gasteiger partial charge in [0.25, 0.3) is 0 Å². The largest absolute Gasteiger partial charge is 0.0845 e. The lowest BCUT2D eigenvalue weighted by molar-refractivity contribution is -0.0458. The van der Waals surface area contributed by atoms with E-state index in [0.717, 1.165) is 35.5 Å². The minimum atomic E-state index is 0.559. The molecule has 4 rings (SSSR count). The van der Waals surface area contributed by atoms with Crippen LogP contribution in [0.15, 0.2) is 11.6 Å². The fourth-order valence-electron chi connectivity index (χ4n) is 8.92. The first kappa shape index (κ1) is 22.0. The van der Waals surface area contributed by atoms with E-state index in [1.54, 1.807) is 6.42 Å². The molecule has 7 unspecified atom stereocenters. The van der Waals surface area contributed by atoms with E-state index < -0.39 is 0 Å². The van der Waals surface area contributed by atoms with E-state index in [4.69, 9.17) is 0 Å². The lowest BCUT2D eigenvalue weighted by Gasteiger charge is -2.58. The van der Waals surface area contributed by atoms with Crippen molar-refractivity contribution < 1.29 is 0 Å². The van der Waals surface area contributed by atoms with Gasteiger partial charge in [0.1, 0.15) is 0 Å². The molecule has 0 aromatic carbocycles. The fourth-order valence-corrected chi connectivity index (χ4v) is 8.92. The number of unbranched alkanes of at least 4 members (excludes halogenated alkanes) is 1. The summed E-state index contributed by atoms with van der Waals surface area (Å²) in [7, 11) is 0. The summed E-state index contributed by atoms with van der Waals surface area (Å²) in [4.78, 5) is 0. The van der Waals surface area contributed by atoms with Crippen LogP contribution < -0.4 is 0 Å². The zero-order valence-corrected chi connectivity index (χ0v) is 20.4. The summed E-state index contributed by atoms with van der Waals surface area (Å²) in [6.45, 7) is 12.6. The molecule has 0 spiro atoms. The molecule has 0 aromatic heterocycles. The zero-order chi connectivity index (χ0) is 20.6. The van der Waals surface area contributed by atoms with Crippen molar-refractivity contribution in [3.63, 3.8) is 0 Å². The minimum Gasteiger partial charge on any atom is -0.0845 e. The Kier molecular flexibility index (Phi) is 6.59. The predicted molar refractivity (Wildman–Crippen MR) is 127 cm³/mol. The van der Waals surface area contributed by atoms with Gasteiger partial charge in [-0.15, -0.1) is 0 Å². The van der Waals surface area contributed by atoms with Gasteiger partial charge in [0, 0.05) is 0 Å². The normalized spacial score (nSPS) is 44.2. The second-order valence-corrected chi connectivity index (χ2v) is 12.7. The number of allylic oxidation sites excluding steroid dienone is 2. The maximum absolute atomic E-state index is 2.78. The number of rotatable bonds is 7. The smallest absolute Gasteiger partial charge is 0.00851 e. The minimum absolute atomic E-state index is 0.559. The molecule has 0 heterocycles. The van der Waals surface area contributed by atoms with E-state index in [-0.39, 0.29) is 0 Å². The van der Waals surface area contributed by atoms with Crippen molar-refractivity contribution in [2.24, 2.45) is 46.3 Å². The van der Waals surface area contributed by atoms with E-state index in [1.807, 2.05) is 5.57 Å². The molecule has 0 aliphatic heterocycles. The van der Waals surface area contributed by atoms with E-state index in [0.29, 0.717) is 10.8 Å². The lowest BCUT2D eigenvalue weighted by Crippen LogP contribution is -2.50. The van der Waals surface area contributed by atoms with Crippen molar-refractivity contribution in [1.82, 2.24) is 0 Å². The Morgan fingerprint density at radius 3 is 2.55 bits per heavy atom. The molecule has 0 radical (unpaired) electrons. The predicted octanol–water partition coefficient (Wildman–Crippen LogP) is 9.20. The highest BCUT2D eigenvalue weighted by Crippen LogP contribution is 2.67. The molecular formula is C29H50. The first-order valence-electron chi connectivity index (χ1n) is 13.6. The van der Waals surface area contributed by atoms with Crippen LogP contribution in [0, 0.1) is 46.3 Å². The first-order valence-corrected chi connectivity index (χ1v) is 13.6. The van der Waals surface area contributed by atoms with Crippen molar-refractivity contribution in [3.05, 3.63) is 11.6 Å². The average molecular weight is 399 g/mol. The fraction of sp³-hybridized carbons (Fsp3) is 0.931. The highest BCUT2D eigenvalue weighted by atomic mass is 14.6. The van der Waals surface area contributed by atoms with Crippen LogP contribution in [0.1, 0.15) is 125 Å². The average Bonchev–Trinajstić information content (AvgIpc) is 3.02. The van der Waals surface area contributed by atoms with Gasteiger partial charge in [-0.3, -0.25) is 0 Å². The first-order chi connectivity index (χ1) is 13.9. The van der Waals surface area contributed by atoms with Crippen LogP contribution in [-0.2, 0) is 0 Å². The molecule has 0 saturated heterocycles. The number of hydrogen-bond donors (Lipinski definition) is 0. The van der Waals surface area contributed by atoms with E-state index in [9.17, 15) is 0 Å². The third-order valence-electron chi connectivity index (χ3n) is 10.7. The summed E-state index contributed by atoms with van der Waals surface area (Å²) >= 11 is 0. The Balaban J connectivity index is 1.44. The molecular weight excluding hydrogens is 348 g/mol. The Hall–Kier alpha value is -0.260. The van der Waals surface area contributed by atoms with Crippen molar-refractivity contribution >= 4 is 0 Å². The highest BCUT2D eigenvalue weighted by molar-refractivity contribution is 5.25. The van der Waals surface area contributed by atoms with E-state index in [2.05, 4.69) is 40.7 Å². The molecule has 7 atom stereocenters. The van der Waals surface area contributed by atoms with E-state index in [1.165, 1.54) is 83.5 Å². The van der Waals surface area contributed by atoms with Crippen molar-refractivity contribution in [1.29, 1.82) is 0 Å². The summed E-state index contributed by atoms with van der Waals surface area (Å²) in [5.74, 6) is 5.94. The SMILES string of the molecule is CCCC1CCC2(C)C(=CCC3C2CCC2(C)C(CCCCC(C)C)CCC32)C1. The monoisotopic (exact) mass is 398 g/mol. The molecule has 4 aliphatic carbocycles. The molecule has 29 heavy (non-hydrogen) atoms. The van der Waals surface area contributed by atoms with Gasteiger partial charge in [-0.2, -0.15) is 0 Å². The standard InChI is InChI=1S/C29H50/c1-6-9-22-16-18-29(5)24(20-22)12-14-25-26-15-13-23(11-8-7-10-21(2)3)28(26,4)19-17-27(25)29/h12,21-23,25-27H,6-11,13-20H2,1-5H3. The third kappa shape index (κ3) is 4.01. The van der Waals surface area contributed by atoms with Gasteiger partial charge < -0.3 is 0 Å². The molecule has 0 amide bonds. The summed E-state index contributed by atoms with van der Waals surface area (Å²) in [5, 5.41) is 0. The van der Waals surface area contributed by atoms with Gasteiger partial charge in [-0.1, -0.05) is 78.4 Å². The summed E-state index contributed by atoms with van der Waals surface area (Å²) in [5.41, 5.74) is 3.12. The summed E-state index contributed by atoms with van der Waals surface area (Å²) in [6.07, 6.45) is 23.5. The van der Waals surface area contributed by atoms with Gasteiger partial charge in [0.2, 0.25) is 0 Å². The molecule has 0 bridgehead atoms. The van der Waals surface area contributed by atoms with Gasteiger partial charge in [0.05, 0.1) is 0 Å². The molecule has 4 aliphatic rings. The van der Waals surface area contributed by atoms with Gasteiger partial charge in [-0.05, 0) is 104 Å². The molecule has 0 heteroatoms. The van der Waals surface area contributed by atoms with Crippen molar-refractivity contribution in [2.75, 3.05) is 0 Å². The van der Waals surface area contributed by atoms with Crippen molar-refractivity contribution in [2.45, 2.75) is 125 Å². The number of fused-ring (bicyclic) bond motifs is 5. The van der Waals surface area contributed by atoms with Crippen LogP contribution in [0.4, 0.5) is 0 Å². The Bertz CT molecular complexity index is 585. The van der Waals surface area contributed by atoms with Gasteiger partial charge in [-0.25, -0.2) is 0 Å². The molecule has 3 saturated carbocycles. The molecule has 3 fully saturated rings. The zero-order valence-electron chi connectivity index (χ0n) is 20.4. The topological polar surface area (TPSA) is 0 Å². The summed E-state index contributed by atoms with van der Waals surface area (Å²) in [6, 6.07) is 0. The number of hydrogen-bond acceptors (Lipinski definition) is 0. The lowest BCUT2D eigenvalue weighted by atomic mass is 9.47. The van der Waals surface area contributed by atoms with Crippen LogP contribution in [-0.4, -0.2) is 0 Å². The molecule has 0 N–H and O–H groups in total. The van der Waals surface area contributed by atoms with Crippen LogP contribution in [0.25, 0.3) is 0 Å². The second kappa shape index (κ2) is 8.70. The molecule has 0 nitrogen and oxygen atoms in total. The highest BCUT2D eigenvalue weighted by Gasteiger charge is 2.58. The maximum Gasteiger partial charge on any atom is -0.00851 e. The third-order valence-corrected chi connectivity index (χ3v) is 10.7. The Morgan fingerprint density at radius 2 is 1.79 bits per heavy atom. The Labute approximate surface area is 182 Å². The van der Waals surface area contributed by atoms with Crippen LogP contribution in [0.5, 0.6) is 0 Å².